The fourth-order valence-corrected chi connectivity index (χ4v) is 2.96. The number of hydrogen-bond donors (Lipinski definition) is 2. The van der Waals surface area contributed by atoms with Crippen LogP contribution in [0.3, 0.4) is 0 Å². The molecule has 0 spiro atoms. The predicted octanol–water partition coefficient (Wildman–Crippen LogP) is 4.23. The van der Waals surface area contributed by atoms with E-state index in [1.165, 1.54) is 11.3 Å². The van der Waals surface area contributed by atoms with Gasteiger partial charge in [0.2, 0.25) is 0 Å². The molecule has 0 amide bonds. The summed E-state index contributed by atoms with van der Waals surface area (Å²) in [5.74, 6) is -1.70. The van der Waals surface area contributed by atoms with E-state index in [1.807, 2.05) is 30.3 Å². The van der Waals surface area contributed by atoms with Gasteiger partial charge in [-0.25, -0.2) is 13.8 Å². The van der Waals surface area contributed by atoms with Gasteiger partial charge in [0.25, 0.3) is 0 Å². The fourth-order valence-electron chi connectivity index (χ4n) is 2.07. The zero-order valence-corrected chi connectivity index (χ0v) is 12.5. The minimum absolute atomic E-state index is 0.146. The molecule has 1 heterocycles. The first kappa shape index (κ1) is 15.1. The van der Waals surface area contributed by atoms with E-state index in [2.05, 4.69) is 10.3 Å². The van der Waals surface area contributed by atoms with Crippen LogP contribution >= 0.6 is 11.3 Å². The van der Waals surface area contributed by atoms with Crippen LogP contribution < -0.4 is 11.1 Å². The van der Waals surface area contributed by atoms with E-state index < -0.39 is 17.2 Å². The Bertz CT molecular complexity index is 842. The van der Waals surface area contributed by atoms with Crippen LogP contribution in [0.5, 0.6) is 0 Å². The molecule has 0 atom stereocenters. The average molecular weight is 331 g/mol. The van der Waals surface area contributed by atoms with Crippen molar-refractivity contribution in [3.05, 3.63) is 59.7 Å². The number of aldehydes is 1. The van der Waals surface area contributed by atoms with Crippen molar-refractivity contribution >= 4 is 34.3 Å². The van der Waals surface area contributed by atoms with Crippen molar-refractivity contribution in [2.75, 3.05) is 11.1 Å². The molecule has 0 aliphatic rings. The molecule has 0 aliphatic carbocycles. The van der Waals surface area contributed by atoms with Gasteiger partial charge in [0.15, 0.2) is 11.4 Å². The zero-order valence-electron chi connectivity index (χ0n) is 11.7. The van der Waals surface area contributed by atoms with Crippen LogP contribution in [-0.2, 0) is 0 Å². The predicted molar refractivity (Wildman–Crippen MR) is 87.0 cm³/mol. The second-order valence-electron chi connectivity index (χ2n) is 4.70. The molecule has 3 N–H and O–H groups in total. The van der Waals surface area contributed by atoms with E-state index in [0.717, 1.165) is 17.8 Å². The second-order valence-corrected chi connectivity index (χ2v) is 5.69. The molecule has 116 valence electrons. The summed E-state index contributed by atoms with van der Waals surface area (Å²) >= 11 is 1.17. The Balaban J connectivity index is 1.97. The van der Waals surface area contributed by atoms with Gasteiger partial charge >= 0.3 is 0 Å². The Hall–Kier alpha value is -2.80. The lowest BCUT2D eigenvalue weighted by molar-refractivity contribution is 0.111. The summed E-state index contributed by atoms with van der Waals surface area (Å²) in [5, 5.41) is 3.57. The highest BCUT2D eigenvalue weighted by molar-refractivity contribution is 7.19. The number of nitrogen functional groups attached to an aromatic ring is 1. The maximum Gasteiger partial charge on any atom is 0.189 e. The number of carbonyl (C=O) groups excluding carboxylic acids is 1. The topological polar surface area (TPSA) is 68.0 Å². The van der Waals surface area contributed by atoms with E-state index in [1.54, 1.807) is 0 Å². The lowest BCUT2D eigenvalue weighted by atomic mass is 10.1. The fraction of sp³-hybridized carbons (Fsp3) is 0. The Morgan fingerprint density at radius 3 is 2.39 bits per heavy atom. The van der Waals surface area contributed by atoms with Crippen LogP contribution in [0.15, 0.2) is 42.5 Å². The first-order chi connectivity index (χ1) is 11.1. The molecular weight excluding hydrogens is 320 g/mol. The number of aromatic nitrogens is 1. The van der Waals surface area contributed by atoms with Crippen LogP contribution in [0.4, 0.5) is 25.4 Å². The summed E-state index contributed by atoms with van der Waals surface area (Å²) in [6.45, 7) is 0. The number of nitrogens with two attached hydrogens (primary N) is 1. The number of anilines is 3. The molecule has 0 aliphatic heterocycles. The van der Waals surface area contributed by atoms with Crippen molar-refractivity contribution in [2.24, 2.45) is 0 Å². The highest BCUT2D eigenvalue weighted by Crippen LogP contribution is 2.37. The number of benzene rings is 2. The molecular formula is C16H11F2N3OS. The highest BCUT2D eigenvalue weighted by atomic mass is 32.1. The third-order valence-electron chi connectivity index (χ3n) is 3.14. The minimum Gasteiger partial charge on any atom is -0.382 e. The molecule has 0 unspecified atom stereocenters. The van der Waals surface area contributed by atoms with Gasteiger partial charge in [0, 0.05) is 11.3 Å². The molecule has 0 radical (unpaired) electrons. The van der Waals surface area contributed by atoms with Crippen molar-refractivity contribution in [1.82, 2.24) is 4.98 Å². The number of carbonyl (C=O) groups is 1. The standard InChI is InChI=1S/C16H11F2N3OS/c17-12-6-9(7-13(18)11(12)8-22)14-15(19)21-16(23-14)20-10-4-2-1-3-5-10/h1-8H,19H2,(H,20,21). The number of para-hydroxylation sites is 1. The van der Waals surface area contributed by atoms with Gasteiger partial charge < -0.3 is 11.1 Å². The first-order valence-corrected chi connectivity index (χ1v) is 7.43. The molecule has 1 aromatic heterocycles. The highest BCUT2D eigenvalue weighted by Gasteiger charge is 2.16. The lowest BCUT2D eigenvalue weighted by Crippen LogP contribution is -1.95. The molecule has 0 saturated carbocycles. The molecule has 0 saturated heterocycles. The van der Waals surface area contributed by atoms with E-state index >= 15 is 0 Å². The first-order valence-electron chi connectivity index (χ1n) is 6.61. The SMILES string of the molecule is Nc1nc(Nc2ccccc2)sc1-c1cc(F)c(C=O)c(F)c1. The average Bonchev–Trinajstić information content (AvgIpc) is 2.88. The maximum atomic E-state index is 13.7. The van der Waals surface area contributed by atoms with Crippen molar-refractivity contribution in [3.8, 4) is 10.4 Å². The largest absolute Gasteiger partial charge is 0.382 e. The van der Waals surface area contributed by atoms with Crippen molar-refractivity contribution in [1.29, 1.82) is 0 Å². The minimum atomic E-state index is -0.930. The lowest BCUT2D eigenvalue weighted by Gasteiger charge is -2.02. The van der Waals surface area contributed by atoms with Gasteiger partial charge in [-0.2, -0.15) is 0 Å². The number of rotatable bonds is 4. The third kappa shape index (κ3) is 3.04. The molecule has 4 nitrogen and oxygen atoms in total. The summed E-state index contributed by atoms with van der Waals surface area (Å²) in [5.41, 5.74) is 6.30. The quantitative estimate of drug-likeness (QED) is 0.702. The van der Waals surface area contributed by atoms with Gasteiger partial charge in [-0.05, 0) is 24.3 Å². The Morgan fingerprint density at radius 2 is 1.78 bits per heavy atom. The number of nitrogens with zero attached hydrogens (tertiary/aromatic N) is 1. The maximum absolute atomic E-state index is 13.7. The van der Waals surface area contributed by atoms with Gasteiger partial charge in [-0.15, -0.1) is 0 Å². The smallest absolute Gasteiger partial charge is 0.189 e. The molecule has 0 fully saturated rings. The Kier molecular flexibility index (Phi) is 4.03. The van der Waals surface area contributed by atoms with Crippen LogP contribution in [0.1, 0.15) is 10.4 Å². The number of nitrogens with one attached hydrogen (secondary N) is 1. The van der Waals surface area contributed by atoms with Crippen molar-refractivity contribution in [3.63, 3.8) is 0 Å². The van der Waals surface area contributed by atoms with Crippen molar-refractivity contribution < 1.29 is 13.6 Å². The number of thiazole rings is 1. The second kappa shape index (κ2) is 6.13. The van der Waals surface area contributed by atoms with Crippen LogP contribution in [-0.4, -0.2) is 11.3 Å². The molecule has 23 heavy (non-hydrogen) atoms. The van der Waals surface area contributed by atoms with Crippen LogP contribution in [0, 0.1) is 11.6 Å². The third-order valence-corrected chi connectivity index (χ3v) is 4.17. The molecule has 2 aromatic carbocycles. The zero-order chi connectivity index (χ0) is 16.4. The van der Waals surface area contributed by atoms with Crippen LogP contribution in [0.2, 0.25) is 0 Å². The number of halogens is 2. The van der Waals surface area contributed by atoms with Gasteiger partial charge in [0.05, 0.1) is 10.4 Å². The summed E-state index contributed by atoms with van der Waals surface area (Å²) in [7, 11) is 0. The van der Waals surface area contributed by atoms with E-state index in [4.69, 9.17) is 5.73 Å². The summed E-state index contributed by atoms with van der Waals surface area (Å²) in [6, 6.07) is 11.5. The van der Waals surface area contributed by atoms with Gasteiger partial charge in [-0.3, -0.25) is 4.79 Å². The normalized spacial score (nSPS) is 10.5. The number of hydrogen-bond acceptors (Lipinski definition) is 5. The van der Waals surface area contributed by atoms with Crippen molar-refractivity contribution in [2.45, 2.75) is 0 Å². The van der Waals surface area contributed by atoms with Gasteiger partial charge in [-0.1, -0.05) is 29.5 Å². The van der Waals surface area contributed by atoms with E-state index in [9.17, 15) is 13.6 Å². The Labute approximate surface area is 134 Å². The van der Waals surface area contributed by atoms with E-state index in [0.29, 0.717) is 10.0 Å². The van der Waals surface area contributed by atoms with E-state index in [-0.39, 0.29) is 17.7 Å². The monoisotopic (exact) mass is 331 g/mol. The summed E-state index contributed by atoms with van der Waals surface area (Å²) in [6.07, 6.45) is 0.146. The molecule has 3 aromatic rings. The molecule has 0 bridgehead atoms. The van der Waals surface area contributed by atoms with Gasteiger partial charge in [0.1, 0.15) is 17.5 Å². The Morgan fingerprint density at radius 1 is 1.13 bits per heavy atom. The molecule has 3 rings (SSSR count). The summed E-state index contributed by atoms with van der Waals surface area (Å²) in [4.78, 5) is 15.2. The summed E-state index contributed by atoms with van der Waals surface area (Å²) < 4.78 is 27.5. The van der Waals surface area contributed by atoms with Crippen LogP contribution in [0.25, 0.3) is 10.4 Å². The molecule has 7 heteroatoms.